The molecule has 0 aromatic heterocycles. The minimum absolute atomic E-state index is 0.0294. The molecule has 0 aliphatic rings. The van der Waals surface area contributed by atoms with Crippen molar-refractivity contribution in [3.8, 4) is 5.75 Å². The summed E-state index contributed by atoms with van der Waals surface area (Å²) in [5.41, 5.74) is -0.370. The minimum Gasteiger partial charge on any atom is -0.489 e. The number of hydrogen-bond donors (Lipinski definition) is 3. The van der Waals surface area contributed by atoms with E-state index >= 15 is 0 Å². The van der Waals surface area contributed by atoms with Crippen molar-refractivity contribution >= 4 is 11.6 Å². The third kappa shape index (κ3) is 5.37. The number of aliphatic hydroxyl groups excluding tert-OH is 2. The molecule has 2 unspecified atom stereocenters. The molecule has 0 saturated carbocycles. The molecule has 0 aliphatic heterocycles. The summed E-state index contributed by atoms with van der Waals surface area (Å²) in [5.74, 6) is 0.559. The smallest absolute Gasteiger partial charge is 0.138 e. The monoisotopic (exact) mass is 287 g/mol. The SMILES string of the molecule is CCC(C)(CO)NCC(O)COc1ccccc1Cl. The Kier molecular flexibility index (Phi) is 6.58. The van der Waals surface area contributed by atoms with Crippen LogP contribution >= 0.6 is 11.6 Å². The van der Waals surface area contributed by atoms with Gasteiger partial charge in [0.25, 0.3) is 0 Å². The maximum Gasteiger partial charge on any atom is 0.138 e. The van der Waals surface area contributed by atoms with Gasteiger partial charge in [0.15, 0.2) is 0 Å². The van der Waals surface area contributed by atoms with Crippen molar-refractivity contribution in [2.45, 2.75) is 31.9 Å². The predicted octanol–water partition coefficient (Wildman–Crippen LogP) is 1.83. The molecule has 0 saturated heterocycles. The Morgan fingerprint density at radius 2 is 2.11 bits per heavy atom. The van der Waals surface area contributed by atoms with Gasteiger partial charge in [-0.1, -0.05) is 30.7 Å². The van der Waals surface area contributed by atoms with E-state index in [2.05, 4.69) is 5.32 Å². The van der Waals surface area contributed by atoms with Crippen molar-refractivity contribution in [3.05, 3.63) is 29.3 Å². The number of hydrogen-bond acceptors (Lipinski definition) is 4. The molecule has 0 heterocycles. The van der Waals surface area contributed by atoms with Crippen molar-refractivity contribution in [2.75, 3.05) is 19.8 Å². The quantitative estimate of drug-likeness (QED) is 0.683. The topological polar surface area (TPSA) is 61.7 Å². The molecule has 0 aliphatic carbocycles. The zero-order valence-corrected chi connectivity index (χ0v) is 12.2. The van der Waals surface area contributed by atoms with Crippen molar-refractivity contribution in [1.29, 1.82) is 0 Å². The minimum atomic E-state index is -0.659. The molecule has 2 atom stereocenters. The van der Waals surface area contributed by atoms with Gasteiger partial charge in [-0.15, -0.1) is 0 Å². The number of ether oxygens (including phenoxy) is 1. The van der Waals surface area contributed by atoms with E-state index in [0.29, 0.717) is 17.3 Å². The summed E-state index contributed by atoms with van der Waals surface area (Å²) in [7, 11) is 0. The Bertz CT molecular complexity index is 383. The molecule has 1 aromatic carbocycles. The standard InChI is InChI=1S/C14H22ClNO3/c1-3-14(2,10-17)16-8-11(18)9-19-13-7-5-4-6-12(13)15/h4-7,11,16-18H,3,8-10H2,1-2H3. The summed E-state index contributed by atoms with van der Waals surface area (Å²) in [5, 5.41) is 22.8. The first-order valence-electron chi connectivity index (χ1n) is 6.42. The maximum atomic E-state index is 9.84. The molecule has 0 bridgehead atoms. The lowest BCUT2D eigenvalue weighted by atomic mass is 10.0. The number of nitrogens with one attached hydrogen (secondary N) is 1. The third-order valence-corrected chi connectivity index (χ3v) is 3.47. The second-order valence-electron chi connectivity index (χ2n) is 4.85. The number of benzene rings is 1. The molecule has 0 fully saturated rings. The Balaban J connectivity index is 2.36. The first-order chi connectivity index (χ1) is 9.00. The molecule has 19 heavy (non-hydrogen) atoms. The van der Waals surface area contributed by atoms with Gasteiger partial charge >= 0.3 is 0 Å². The van der Waals surface area contributed by atoms with Gasteiger partial charge in [-0.2, -0.15) is 0 Å². The second-order valence-corrected chi connectivity index (χ2v) is 5.26. The van der Waals surface area contributed by atoms with Crippen LogP contribution in [-0.4, -0.2) is 41.6 Å². The van der Waals surface area contributed by atoms with Crippen LogP contribution in [0.25, 0.3) is 0 Å². The van der Waals surface area contributed by atoms with E-state index in [1.54, 1.807) is 12.1 Å². The molecule has 5 heteroatoms. The van der Waals surface area contributed by atoms with Crippen molar-refractivity contribution in [3.63, 3.8) is 0 Å². The largest absolute Gasteiger partial charge is 0.489 e. The van der Waals surface area contributed by atoms with Gasteiger partial charge in [0.05, 0.1) is 11.6 Å². The predicted molar refractivity (Wildman–Crippen MR) is 76.7 cm³/mol. The fourth-order valence-corrected chi connectivity index (χ4v) is 1.65. The Morgan fingerprint density at radius 3 is 2.68 bits per heavy atom. The highest BCUT2D eigenvalue weighted by molar-refractivity contribution is 6.32. The average molecular weight is 288 g/mol. The van der Waals surface area contributed by atoms with E-state index in [0.717, 1.165) is 6.42 Å². The van der Waals surface area contributed by atoms with Gasteiger partial charge in [0.1, 0.15) is 18.5 Å². The van der Waals surface area contributed by atoms with Crippen LogP contribution < -0.4 is 10.1 Å². The molecule has 3 N–H and O–H groups in total. The van der Waals surface area contributed by atoms with E-state index in [-0.39, 0.29) is 18.8 Å². The lowest BCUT2D eigenvalue weighted by molar-refractivity contribution is 0.0866. The highest BCUT2D eigenvalue weighted by Crippen LogP contribution is 2.23. The van der Waals surface area contributed by atoms with Crippen LogP contribution in [0.3, 0.4) is 0 Å². The summed E-state index contributed by atoms with van der Waals surface area (Å²) in [6, 6.07) is 7.14. The maximum absolute atomic E-state index is 9.84. The van der Waals surface area contributed by atoms with Crippen LogP contribution in [-0.2, 0) is 0 Å². The van der Waals surface area contributed by atoms with Gasteiger partial charge in [-0.05, 0) is 25.5 Å². The van der Waals surface area contributed by atoms with Crippen LogP contribution in [0.1, 0.15) is 20.3 Å². The molecular formula is C14H22ClNO3. The number of halogens is 1. The first-order valence-corrected chi connectivity index (χ1v) is 6.80. The van der Waals surface area contributed by atoms with E-state index in [4.69, 9.17) is 16.3 Å². The Labute approximate surface area is 119 Å². The molecule has 108 valence electrons. The van der Waals surface area contributed by atoms with Gasteiger partial charge < -0.3 is 20.3 Å². The summed E-state index contributed by atoms with van der Waals surface area (Å²) < 4.78 is 5.45. The molecule has 0 spiro atoms. The Hall–Kier alpha value is -0.810. The van der Waals surface area contributed by atoms with Crippen molar-refractivity contribution in [1.82, 2.24) is 5.32 Å². The van der Waals surface area contributed by atoms with E-state index in [1.807, 2.05) is 26.0 Å². The van der Waals surface area contributed by atoms with Crippen LogP contribution in [0.4, 0.5) is 0 Å². The summed E-state index contributed by atoms with van der Waals surface area (Å²) in [4.78, 5) is 0. The van der Waals surface area contributed by atoms with E-state index < -0.39 is 6.10 Å². The zero-order chi connectivity index (χ0) is 14.3. The van der Waals surface area contributed by atoms with Crippen LogP contribution in [0.15, 0.2) is 24.3 Å². The van der Waals surface area contributed by atoms with Gasteiger partial charge in [-0.25, -0.2) is 0 Å². The van der Waals surface area contributed by atoms with Gasteiger partial charge in [0.2, 0.25) is 0 Å². The highest BCUT2D eigenvalue weighted by Gasteiger charge is 2.21. The Morgan fingerprint density at radius 1 is 1.42 bits per heavy atom. The number of rotatable bonds is 8. The number of aliphatic hydroxyl groups is 2. The van der Waals surface area contributed by atoms with Gasteiger partial charge in [0, 0.05) is 12.1 Å². The molecule has 1 aromatic rings. The normalized spacial score (nSPS) is 15.8. The molecule has 4 nitrogen and oxygen atoms in total. The van der Waals surface area contributed by atoms with Crippen molar-refractivity contribution < 1.29 is 14.9 Å². The summed E-state index contributed by atoms with van der Waals surface area (Å²) >= 11 is 5.95. The highest BCUT2D eigenvalue weighted by atomic mass is 35.5. The fraction of sp³-hybridized carbons (Fsp3) is 0.571. The molecule has 1 rings (SSSR count). The fourth-order valence-electron chi connectivity index (χ4n) is 1.46. The molecular weight excluding hydrogens is 266 g/mol. The van der Waals surface area contributed by atoms with E-state index in [1.165, 1.54) is 0 Å². The van der Waals surface area contributed by atoms with Crippen LogP contribution in [0.5, 0.6) is 5.75 Å². The summed E-state index contributed by atoms with van der Waals surface area (Å²) in [6.45, 7) is 4.43. The van der Waals surface area contributed by atoms with E-state index in [9.17, 15) is 10.2 Å². The first kappa shape index (κ1) is 16.2. The zero-order valence-electron chi connectivity index (χ0n) is 11.4. The summed E-state index contributed by atoms with van der Waals surface area (Å²) in [6.07, 6.45) is 0.121. The number of para-hydroxylation sites is 1. The lowest BCUT2D eigenvalue weighted by Crippen LogP contribution is -2.49. The second kappa shape index (κ2) is 7.70. The van der Waals surface area contributed by atoms with Crippen LogP contribution in [0.2, 0.25) is 5.02 Å². The van der Waals surface area contributed by atoms with Gasteiger partial charge in [-0.3, -0.25) is 0 Å². The number of β-amino-alcohol motifs (C(OH)–C–C–N with tert-alkyl or cyclic N) is 1. The average Bonchev–Trinajstić information content (AvgIpc) is 2.44. The molecule has 0 radical (unpaired) electrons. The van der Waals surface area contributed by atoms with Crippen molar-refractivity contribution in [2.24, 2.45) is 0 Å². The third-order valence-electron chi connectivity index (χ3n) is 3.16. The lowest BCUT2D eigenvalue weighted by Gasteiger charge is -2.28. The van der Waals surface area contributed by atoms with Crippen LogP contribution in [0, 0.1) is 0 Å². The molecule has 0 amide bonds.